The van der Waals surface area contributed by atoms with Crippen LogP contribution >= 0.6 is 15.9 Å². The largest absolute Gasteiger partial charge is 0.417 e. The Morgan fingerprint density at radius 3 is 2.68 bits per heavy atom. The highest BCUT2D eigenvalue weighted by molar-refractivity contribution is 9.10. The molecular weight excluding hydrogens is 329 g/mol. The molecule has 1 aromatic carbocycles. The number of halogens is 4. The Kier molecular flexibility index (Phi) is 5.33. The molecule has 0 aliphatic rings. The molecule has 0 heterocycles. The summed E-state index contributed by atoms with van der Waals surface area (Å²) in [6.07, 6.45) is -4.51. The fourth-order valence-corrected chi connectivity index (χ4v) is 1.78. The second-order valence-corrected chi connectivity index (χ2v) is 4.60. The fraction of sp³-hybridized carbons (Fsp3) is 0.364. The van der Waals surface area contributed by atoms with Crippen molar-refractivity contribution in [3.05, 3.63) is 28.2 Å². The number of nitrogens with two attached hydrogens (primary N) is 1. The number of carbonyl (C=O) groups is 1. The molecular formula is C11H12BrF3N2O2. The first-order valence-electron chi connectivity index (χ1n) is 5.18. The zero-order valence-corrected chi connectivity index (χ0v) is 11.5. The monoisotopic (exact) mass is 340 g/mol. The van der Waals surface area contributed by atoms with Gasteiger partial charge in [0.15, 0.2) is 0 Å². The normalized spacial score (nSPS) is 13.2. The van der Waals surface area contributed by atoms with E-state index in [4.69, 9.17) is 5.73 Å². The van der Waals surface area contributed by atoms with Crippen LogP contribution in [0.4, 0.5) is 18.9 Å². The number of methoxy groups -OCH3 is 1. The standard InChI is InChI=1S/C11H12BrF3N2O2/c1-19-5-9(16)10(18)17-6-2-3-8(12)7(4-6)11(13,14)15/h2-4,9H,5,16H2,1H3,(H,17,18). The van der Waals surface area contributed by atoms with E-state index in [1.54, 1.807) is 0 Å². The van der Waals surface area contributed by atoms with E-state index in [9.17, 15) is 18.0 Å². The lowest BCUT2D eigenvalue weighted by Gasteiger charge is -2.14. The predicted molar refractivity (Wildman–Crippen MR) is 67.6 cm³/mol. The van der Waals surface area contributed by atoms with Gasteiger partial charge in [0.05, 0.1) is 12.2 Å². The Morgan fingerprint density at radius 2 is 2.16 bits per heavy atom. The zero-order chi connectivity index (χ0) is 14.6. The van der Waals surface area contributed by atoms with E-state index >= 15 is 0 Å². The first-order valence-corrected chi connectivity index (χ1v) is 5.97. The van der Waals surface area contributed by atoms with Crippen molar-refractivity contribution in [1.82, 2.24) is 0 Å². The van der Waals surface area contributed by atoms with E-state index in [0.29, 0.717) is 0 Å². The Bertz CT molecular complexity index is 466. The lowest BCUT2D eigenvalue weighted by atomic mass is 10.2. The fourth-order valence-electron chi connectivity index (χ4n) is 1.31. The molecule has 0 aromatic heterocycles. The lowest BCUT2D eigenvalue weighted by molar-refractivity contribution is -0.138. The average Bonchev–Trinajstić information content (AvgIpc) is 2.30. The molecule has 4 nitrogen and oxygen atoms in total. The molecule has 1 aromatic rings. The molecule has 0 aliphatic carbocycles. The van der Waals surface area contributed by atoms with Crippen LogP contribution in [0.3, 0.4) is 0 Å². The van der Waals surface area contributed by atoms with Gasteiger partial charge in [0, 0.05) is 17.3 Å². The van der Waals surface area contributed by atoms with Gasteiger partial charge in [0.2, 0.25) is 5.91 Å². The van der Waals surface area contributed by atoms with Gasteiger partial charge in [-0.3, -0.25) is 4.79 Å². The highest BCUT2D eigenvalue weighted by Gasteiger charge is 2.33. The maximum Gasteiger partial charge on any atom is 0.417 e. The molecule has 0 saturated carbocycles. The van der Waals surface area contributed by atoms with Crippen molar-refractivity contribution < 1.29 is 22.7 Å². The molecule has 1 rings (SSSR count). The molecule has 0 fully saturated rings. The highest BCUT2D eigenvalue weighted by atomic mass is 79.9. The van der Waals surface area contributed by atoms with E-state index in [1.807, 2.05) is 0 Å². The van der Waals surface area contributed by atoms with Crippen molar-refractivity contribution in [3.8, 4) is 0 Å². The molecule has 0 bridgehead atoms. The van der Waals surface area contributed by atoms with Crippen molar-refractivity contribution >= 4 is 27.5 Å². The van der Waals surface area contributed by atoms with Gasteiger partial charge in [-0.2, -0.15) is 13.2 Å². The maximum atomic E-state index is 12.7. The molecule has 106 valence electrons. The minimum Gasteiger partial charge on any atom is -0.383 e. The second kappa shape index (κ2) is 6.36. The van der Waals surface area contributed by atoms with E-state index in [-0.39, 0.29) is 16.8 Å². The third-order valence-electron chi connectivity index (χ3n) is 2.22. The van der Waals surface area contributed by atoms with E-state index < -0.39 is 23.7 Å². The lowest BCUT2D eigenvalue weighted by Crippen LogP contribution is -2.39. The number of anilines is 1. The number of rotatable bonds is 4. The molecule has 0 saturated heterocycles. The van der Waals surface area contributed by atoms with Crippen LogP contribution in [0.2, 0.25) is 0 Å². The van der Waals surface area contributed by atoms with Crippen LogP contribution in [0.25, 0.3) is 0 Å². The van der Waals surface area contributed by atoms with Gasteiger partial charge in [0.1, 0.15) is 6.04 Å². The Hall–Kier alpha value is -1.12. The van der Waals surface area contributed by atoms with Crippen molar-refractivity contribution in [3.63, 3.8) is 0 Å². The molecule has 1 unspecified atom stereocenters. The number of amides is 1. The van der Waals surface area contributed by atoms with E-state index in [1.165, 1.54) is 19.2 Å². The van der Waals surface area contributed by atoms with Crippen LogP contribution in [0.1, 0.15) is 5.56 Å². The van der Waals surface area contributed by atoms with Gasteiger partial charge in [0.25, 0.3) is 0 Å². The zero-order valence-electron chi connectivity index (χ0n) is 9.92. The van der Waals surface area contributed by atoms with Crippen LogP contribution in [-0.4, -0.2) is 25.7 Å². The summed E-state index contributed by atoms with van der Waals surface area (Å²) in [5.74, 6) is -0.614. The first-order chi connectivity index (χ1) is 8.75. The number of nitrogens with one attached hydrogen (secondary N) is 1. The van der Waals surface area contributed by atoms with Crippen LogP contribution in [0, 0.1) is 0 Å². The Morgan fingerprint density at radius 1 is 1.53 bits per heavy atom. The van der Waals surface area contributed by atoms with Gasteiger partial charge >= 0.3 is 6.18 Å². The summed E-state index contributed by atoms with van der Waals surface area (Å²) in [6.45, 7) is -0.0194. The minimum absolute atomic E-state index is 0.0194. The molecule has 0 spiro atoms. The summed E-state index contributed by atoms with van der Waals surface area (Å²) in [7, 11) is 1.37. The number of carbonyl (C=O) groups excluding carboxylic acids is 1. The van der Waals surface area contributed by atoms with Crippen molar-refractivity contribution in [2.75, 3.05) is 19.0 Å². The van der Waals surface area contributed by atoms with Crippen molar-refractivity contribution in [2.24, 2.45) is 5.73 Å². The van der Waals surface area contributed by atoms with Crippen molar-refractivity contribution in [2.45, 2.75) is 12.2 Å². The SMILES string of the molecule is COCC(N)C(=O)Nc1ccc(Br)c(C(F)(F)F)c1. The molecule has 3 N–H and O–H groups in total. The number of hydrogen-bond donors (Lipinski definition) is 2. The summed E-state index contributed by atoms with van der Waals surface area (Å²) >= 11 is 2.81. The van der Waals surface area contributed by atoms with Gasteiger partial charge < -0.3 is 15.8 Å². The topological polar surface area (TPSA) is 64.3 Å². The first kappa shape index (κ1) is 15.9. The Balaban J connectivity index is 2.89. The summed E-state index contributed by atoms with van der Waals surface area (Å²) in [4.78, 5) is 11.5. The molecule has 1 atom stereocenters. The van der Waals surface area contributed by atoms with Gasteiger partial charge in [-0.25, -0.2) is 0 Å². The molecule has 0 aliphatic heterocycles. The third kappa shape index (κ3) is 4.48. The quantitative estimate of drug-likeness (QED) is 0.884. The highest BCUT2D eigenvalue weighted by Crippen LogP contribution is 2.36. The third-order valence-corrected chi connectivity index (χ3v) is 2.91. The second-order valence-electron chi connectivity index (χ2n) is 3.74. The summed E-state index contributed by atoms with van der Waals surface area (Å²) in [5, 5.41) is 2.30. The molecule has 8 heteroatoms. The number of alkyl halides is 3. The molecule has 0 radical (unpaired) electrons. The minimum atomic E-state index is -4.51. The summed E-state index contributed by atoms with van der Waals surface area (Å²) in [5.41, 5.74) is 4.61. The van der Waals surface area contributed by atoms with Crippen LogP contribution in [-0.2, 0) is 15.7 Å². The van der Waals surface area contributed by atoms with E-state index in [2.05, 4.69) is 26.0 Å². The van der Waals surface area contributed by atoms with Gasteiger partial charge in [-0.1, -0.05) is 15.9 Å². The number of benzene rings is 1. The number of ether oxygens (including phenoxy) is 1. The predicted octanol–water partition coefficient (Wildman–Crippen LogP) is 2.38. The summed E-state index contributed by atoms with van der Waals surface area (Å²) in [6, 6.07) is 2.45. The van der Waals surface area contributed by atoms with Crippen LogP contribution in [0.5, 0.6) is 0 Å². The van der Waals surface area contributed by atoms with Crippen molar-refractivity contribution in [1.29, 1.82) is 0 Å². The van der Waals surface area contributed by atoms with Crippen LogP contribution < -0.4 is 11.1 Å². The smallest absolute Gasteiger partial charge is 0.383 e. The Labute approximate surface area is 116 Å². The number of hydrogen-bond acceptors (Lipinski definition) is 3. The molecule has 19 heavy (non-hydrogen) atoms. The van der Waals surface area contributed by atoms with E-state index in [0.717, 1.165) is 6.07 Å². The summed E-state index contributed by atoms with van der Waals surface area (Å²) < 4.78 is 42.6. The van der Waals surface area contributed by atoms with Gasteiger partial charge in [-0.15, -0.1) is 0 Å². The molecule has 1 amide bonds. The average molecular weight is 341 g/mol. The maximum absolute atomic E-state index is 12.7. The van der Waals surface area contributed by atoms with Crippen LogP contribution in [0.15, 0.2) is 22.7 Å². The van der Waals surface area contributed by atoms with Gasteiger partial charge in [-0.05, 0) is 18.2 Å².